The minimum absolute atomic E-state index is 0. The van der Waals surface area contributed by atoms with Crippen LogP contribution in [0.5, 0.6) is 0 Å². The van der Waals surface area contributed by atoms with Crippen LogP contribution in [0.15, 0.2) is 24.3 Å². The monoisotopic (exact) mass is 283 g/mol. The van der Waals surface area contributed by atoms with E-state index in [9.17, 15) is 4.79 Å². The number of esters is 1. The Morgan fingerprint density at radius 2 is 1.95 bits per heavy atom. The molecule has 0 aromatic heterocycles. The molecule has 4 heteroatoms. The number of hydrogen-bond donors (Lipinski definition) is 1. The summed E-state index contributed by atoms with van der Waals surface area (Å²) in [7, 11) is 1.49. The summed E-state index contributed by atoms with van der Waals surface area (Å²) in [5.74, 6) is -0.0627. The third-order valence-electron chi connectivity index (χ3n) is 3.97. The van der Waals surface area contributed by atoms with E-state index in [0.29, 0.717) is 0 Å². The van der Waals surface area contributed by atoms with Gasteiger partial charge in [0.15, 0.2) is 0 Å². The van der Waals surface area contributed by atoms with E-state index in [-0.39, 0.29) is 23.8 Å². The highest BCUT2D eigenvalue weighted by atomic mass is 35.5. The van der Waals surface area contributed by atoms with Gasteiger partial charge in [0.05, 0.1) is 12.5 Å². The van der Waals surface area contributed by atoms with E-state index in [4.69, 9.17) is 4.74 Å². The number of ether oxygens (including phenoxy) is 1. The lowest BCUT2D eigenvalue weighted by atomic mass is 9.73. The summed E-state index contributed by atoms with van der Waals surface area (Å²) in [4.78, 5) is 12.2. The molecule has 0 aliphatic carbocycles. The fourth-order valence-corrected chi connectivity index (χ4v) is 2.75. The standard InChI is InChI=1S/C15H21NO2.ClH/c1-12-5-3-4-6-13(12)11-15(14(17)18-2)7-9-16-10-8-15;/h3-6,16H,7-11H2,1-2H3;1H. The number of nitrogens with one attached hydrogen (secondary N) is 1. The third kappa shape index (κ3) is 3.48. The maximum atomic E-state index is 12.2. The van der Waals surface area contributed by atoms with Crippen molar-refractivity contribution in [2.24, 2.45) is 5.41 Å². The Morgan fingerprint density at radius 1 is 1.32 bits per heavy atom. The van der Waals surface area contributed by atoms with Gasteiger partial charge in [-0.25, -0.2) is 0 Å². The van der Waals surface area contributed by atoms with Gasteiger partial charge in [0.25, 0.3) is 0 Å². The molecule has 1 saturated heterocycles. The Hall–Kier alpha value is -1.06. The molecular weight excluding hydrogens is 262 g/mol. The molecule has 1 aromatic carbocycles. The van der Waals surface area contributed by atoms with Crippen molar-refractivity contribution in [1.82, 2.24) is 5.32 Å². The number of methoxy groups -OCH3 is 1. The molecule has 1 aliphatic rings. The maximum Gasteiger partial charge on any atom is 0.312 e. The summed E-state index contributed by atoms with van der Waals surface area (Å²) in [5.41, 5.74) is 2.16. The molecule has 1 N–H and O–H groups in total. The first-order valence-electron chi connectivity index (χ1n) is 6.52. The Morgan fingerprint density at radius 3 is 2.53 bits per heavy atom. The average Bonchev–Trinajstić information content (AvgIpc) is 2.41. The van der Waals surface area contributed by atoms with E-state index in [1.165, 1.54) is 18.2 Å². The molecule has 0 radical (unpaired) electrons. The summed E-state index contributed by atoms with van der Waals surface area (Å²) in [6.45, 7) is 3.88. The molecule has 106 valence electrons. The number of carbonyl (C=O) groups excluding carboxylic acids is 1. The van der Waals surface area contributed by atoms with Crippen LogP contribution in [-0.2, 0) is 16.0 Å². The average molecular weight is 284 g/mol. The quantitative estimate of drug-likeness (QED) is 0.866. The molecule has 1 heterocycles. The summed E-state index contributed by atoms with van der Waals surface area (Å²) in [6.07, 6.45) is 2.50. The molecule has 0 bridgehead atoms. The first-order valence-corrected chi connectivity index (χ1v) is 6.52. The molecule has 0 atom stereocenters. The number of benzene rings is 1. The molecule has 1 aliphatic heterocycles. The van der Waals surface area contributed by atoms with Gasteiger partial charge in [0.2, 0.25) is 0 Å². The van der Waals surface area contributed by atoms with Crippen molar-refractivity contribution in [3.05, 3.63) is 35.4 Å². The van der Waals surface area contributed by atoms with Crippen LogP contribution in [0.2, 0.25) is 0 Å². The Balaban J connectivity index is 0.00000180. The largest absolute Gasteiger partial charge is 0.469 e. The summed E-state index contributed by atoms with van der Waals surface area (Å²) in [5, 5.41) is 3.31. The highest BCUT2D eigenvalue weighted by Gasteiger charge is 2.40. The first-order chi connectivity index (χ1) is 8.68. The highest BCUT2D eigenvalue weighted by molar-refractivity contribution is 5.85. The number of halogens is 1. The van der Waals surface area contributed by atoms with E-state index in [0.717, 1.165) is 32.4 Å². The van der Waals surface area contributed by atoms with Crippen LogP contribution in [0.4, 0.5) is 0 Å². The maximum absolute atomic E-state index is 12.2. The van der Waals surface area contributed by atoms with Crippen molar-refractivity contribution in [3.8, 4) is 0 Å². The van der Waals surface area contributed by atoms with E-state index in [1.807, 2.05) is 12.1 Å². The lowest BCUT2D eigenvalue weighted by Crippen LogP contribution is -2.44. The van der Waals surface area contributed by atoms with Gasteiger partial charge in [-0.05, 0) is 50.4 Å². The number of carbonyl (C=O) groups is 1. The third-order valence-corrected chi connectivity index (χ3v) is 3.97. The Kier molecular flexibility index (Phi) is 5.83. The summed E-state index contributed by atoms with van der Waals surface area (Å²) >= 11 is 0. The van der Waals surface area contributed by atoms with Gasteiger partial charge >= 0.3 is 5.97 Å². The van der Waals surface area contributed by atoms with Gasteiger partial charge in [-0.2, -0.15) is 0 Å². The van der Waals surface area contributed by atoms with Crippen molar-refractivity contribution < 1.29 is 9.53 Å². The zero-order chi connectivity index (χ0) is 13.0. The predicted octanol–water partition coefficient (Wildman–Crippen LogP) is 2.50. The minimum atomic E-state index is -0.341. The SMILES string of the molecule is COC(=O)C1(Cc2ccccc2C)CCNCC1.Cl. The van der Waals surface area contributed by atoms with Gasteiger partial charge < -0.3 is 10.1 Å². The molecule has 2 rings (SSSR count). The van der Waals surface area contributed by atoms with E-state index in [1.54, 1.807) is 0 Å². The zero-order valence-electron chi connectivity index (χ0n) is 11.6. The van der Waals surface area contributed by atoms with Gasteiger partial charge in [0.1, 0.15) is 0 Å². The van der Waals surface area contributed by atoms with Crippen molar-refractivity contribution in [2.75, 3.05) is 20.2 Å². The second-order valence-electron chi connectivity index (χ2n) is 5.13. The van der Waals surface area contributed by atoms with Crippen LogP contribution in [-0.4, -0.2) is 26.2 Å². The molecule has 1 aromatic rings. The van der Waals surface area contributed by atoms with Crippen LogP contribution in [0.3, 0.4) is 0 Å². The van der Waals surface area contributed by atoms with Crippen LogP contribution in [0.25, 0.3) is 0 Å². The van der Waals surface area contributed by atoms with Gasteiger partial charge in [0, 0.05) is 0 Å². The van der Waals surface area contributed by atoms with Gasteiger partial charge in [-0.1, -0.05) is 24.3 Å². The molecule has 19 heavy (non-hydrogen) atoms. The van der Waals surface area contributed by atoms with Crippen molar-refractivity contribution in [3.63, 3.8) is 0 Å². The van der Waals surface area contributed by atoms with E-state index >= 15 is 0 Å². The first kappa shape index (κ1) is 16.0. The second-order valence-corrected chi connectivity index (χ2v) is 5.13. The summed E-state index contributed by atoms with van der Waals surface area (Å²) < 4.78 is 5.04. The predicted molar refractivity (Wildman–Crippen MR) is 78.7 cm³/mol. The van der Waals surface area contributed by atoms with Crippen LogP contribution in [0, 0.1) is 12.3 Å². The van der Waals surface area contributed by atoms with E-state index in [2.05, 4.69) is 24.4 Å². The topological polar surface area (TPSA) is 38.3 Å². The van der Waals surface area contributed by atoms with Gasteiger partial charge in [-0.15, -0.1) is 12.4 Å². The van der Waals surface area contributed by atoms with Crippen molar-refractivity contribution in [1.29, 1.82) is 0 Å². The Labute approximate surface area is 121 Å². The van der Waals surface area contributed by atoms with Crippen molar-refractivity contribution in [2.45, 2.75) is 26.2 Å². The molecule has 0 unspecified atom stereocenters. The summed E-state index contributed by atoms with van der Waals surface area (Å²) in [6, 6.07) is 8.28. The highest BCUT2D eigenvalue weighted by Crippen LogP contribution is 2.35. The number of rotatable bonds is 3. The molecule has 3 nitrogen and oxygen atoms in total. The lowest BCUT2D eigenvalue weighted by Gasteiger charge is -2.35. The number of aryl methyl sites for hydroxylation is 1. The van der Waals surface area contributed by atoms with E-state index < -0.39 is 0 Å². The van der Waals surface area contributed by atoms with Crippen LogP contribution >= 0.6 is 12.4 Å². The van der Waals surface area contributed by atoms with Crippen LogP contribution in [0.1, 0.15) is 24.0 Å². The Bertz CT molecular complexity index is 428. The second kappa shape index (κ2) is 6.92. The smallest absolute Gasteiger partial charge is 0.312 e. The normalized spacial score (nSPS) is 17.4. The van der Waals surface area contributed by atoms with Gasteiger partial charge in [-0.3, -0.25) is 4.79 Å². The molecule has 0 saturated carbocycles. The number of hydrogen-bond acceptors (Lipinski definition) is 3. The molecule has 0 amide bonds. The molecular formula is C15H22ClNO2. The van der Waals surface area contributed by atoms with Crippen molar-refractivity contribution >= 4 is 18.4 Å². The molecule has 0 spiro atoms. The van der Waals surface area contributed by atoms with Crippen LogP contribution < -0.4 is 5.32 Å². The zero-order valence-corrected chi connectivity index (χ0v) is 12.4. The fraction of sp³-hybridized carbons (Fsp3) is 0.533. The fourth-order valence-electron chi connectivity index (χ4n) is 2.75. The molecule has 1 fully saturated rings. The minimum Gasteiger partial charge on any atom is -0.469 e. The number of piperidine rings is 1. The lowest BCUT2D eigenvalue weighted by molar-refractivity contribution is -0.154.